The Bertz CT molecular complexity index is 1000. The highest BCUT2D eigenvalue weighted by Gasteiger charge is 2.14. The molecule has 0 spiro atoms. The number of anilines is 3. The highest BCUT2D eigenvalue weighted by Crippen LogP contribution is 2.18. The first-order valence-corrected chi connectivity index (χ1v) is 10.3. The zero-order chi connectivity index (χ0) is 22.1. The largest absolute Gasteiger partial charge is 0.494 e. The maximum Gasteiger partial charge on any atom is 0.258 e. The molecule has 0 bridgehead atoms. The van der Waals surface area contributed by atoms with Crippen LogP contribution >= 0.6 is 0 Å². The average molecular weight is 418 g/mol. The summed E-state index contributed by atoms with van der Waals surface area (Å²) in [6.07, 6.45) is 0.954. The fourth-order valence-corrected chi connectivity index (χ4v) is 2.97. The van der Waals surface area contributed by atoms with Crippen molar-refractivity contribution in [1.82, 2.24) is 0 Å². The number of benzene rings is 3. The zero-order valence-electron chi connectivity index (χ0n) is 17.8. The fraction of sp³-hybridized carbons (Fsp3) is 0.200. The molecule has 31 heavy (non-hydrogen) atoms. The Hall–Kier alpha value is -3.80. The lowest BCUT2D eigenvalue weighted by Crippen LogP contribution is -2.26. The molecule has 0 radical (unpaired) electrons. The van der Waals surface area contributed by atoms with Gasteiger partial charge in [-0.2, -0.15) is 0 Å². The maximum atomic E-state index is 12.8. The summed E-state index contributed by atoms with van der Waals surface area (Å²) in [6.45, 7) is 2.84. The van der Waals surface area contributed by atoms with E-state index >= 15 is 0 Å². The molecule has 0 aliphatic rings. The van der Waals surface area contributed by atoms with Crippen molar-refractivity contribution in [2.24, 2.45) is 0 Å². The number of carbonyl (C=O) groups is 2. The van der Waals surface area contributed by atoms with Crippen LogP contribution in [0.25, 0.3) is 0 Å². The lowest BCUT2D eigenvalue weighted by atomic mass is 10.1. The van der Waals surface area contributed by atoms with Crippen LogP contribution in [-0.4, -0.2) is 32.0 Å². The van der Waals surface area contributed by atoms with E-state index < -0.39 is 0 Å². The Morgan fingerprint density at radius 1 is 0.903 bits per heavy atom. The van der Waals surface area contributed by atoms with Gasteiger partial charge in [-0.1, -0.05) is 31.2 Å². The fourth-order valence-electron chi connectivity index (χ4n) is 2.97. The molecule has 0 saturated heterocycles. The quantitative estimate of drug-likeness (QED) is 0.525. The van der Waals surface area contributed by atoms with Crippen LogP contribution in [0.1, 0.15) is 23.7 Å². The molecule has 3 rings (SSSR count). The van der Waals surface area contributed by atoms with Gasteiger partial charge in [0.2, 0.25) is 5.91 Å². The minimum absolute atomic E-state index is 0.108. The van der Waals surface area contributed by atoms with Gasteiger partial charge in [0.05, 0.1) is 13.2 Å². The van der Waals surface area contributed by atoms with Gasteiger partial charge in [-0.15, -0.1) is 0 Å². The van der Waals surface area contributed by atoms with E-state index in [9.17, 15) is 9.59 Å². The first kappa shape index (κ1) is 21.9. The Morgan fingerprint density at radius 3 is 2.35 bits per heavy atom. The first-order valence-electron chi connectivity index (χ1n) is 10.3. The van der Waals surface area contributed by atoms with Crippen LogP contribution < -0.4 is 20.3 Å². The van der Waals surface area contributed by atoms with Gasteiger partial charge in [-0.3, -0.25) is 9.59 Å². The molecule has 2 amide bonds. The number of hydrogen-bond donors (Lipinski definition) is 2. The van der Waals surface area contributed by atoms with Crippen molar-refractivity contribution in [2.45, 2.75) is 13.3 Å². The van der Waals surface area contributed by atoms with E-state index in [1.807, 2.05) is 54.6 Å². The third-order valence-electron chi connectivity index (χ3n) is 4.62. The number of para-hydroxylation sites is 1. The molecule has 0 saturated carbocycles. The van der Waals surface area contributed by atoms with E-state index in [0.29, 0.717) is 17.9 Å². The van der Waals surface area contributed by atoms with Crippen LogP contribution in [0.2, 0.25) is 0 Å². The predicted octanol–water partition coefficient (Wildman–Crippen LogP) is 4.80. The van der Waals surface area contributed by atoms with E-state index in [4.69, 9.17) is 4.74 Å². The smallest absolute Gasteiger partial charge is 0.258 e. The molecule has 3 aromatic rings. The third kappa shape index (κ3) is 6.34. The first-order chi connectivity index (χ1) is 15.1. The summed E-state index contributed by atoms with van der Waals surface area (Å²) in [5.41, 5.74) is 2.70. The number of hydrogen-bond acceptors (Lipinski definition) is 4. The Balaban J connectivity index is 1.55. The number of rotatable bonds is 9. The van der Waals surface area contributed by atoms with E-state index in [2.05, 4.69) is 17.6 Å². The summed E-state index contributed by atoms with van der Waals surface area (Å²) < 4.78 is 5.55. The molecule has 2 N–H and O–H groups in total. The van der Waals surface area contributed by atoms with Crippen molar-refractivity contribution >= 4 is 28.9 Å². The highest BCUT2D eigenvalue weighted by atomic mass is 16.5. The molecule has 0 fully saturated rings. The van der Waals surface area contributed by atoms with E-state index in [1.54, 1.807) is 36.2 Å². The van der Waals surface area contributed by atoms with E-state index in [-0.39, 0.29) is 18.4 Å². The average Bonchev–Trinajstić information content (AvgIpc) is 2.82. The number of ether oxygens (including phenoxy) is 1. The summed E-state index contributed by atoms with van der Waals surface area (Å²) >= 11 is 0. The Kier molecular flexibility index (Phi) is 7.65. The number of carbonyl (C=O) groups excluding carboxylic acids is 2. The van der Waals surface area contributed by atoms with Crippen LogP contribution in [-0.2, 0) is 4.79 Å². The molecule has 0 unspecified atom stereocenters. The number of nitrogens with zero attached hydrogens (tertiary/aromatic N) is 1. The molecule has 6 nitrogen and oxygen atoms in total. The monoisotopic (exact) mass is 417 g/mol. The topological polar surface area (TPSA) is 70.7 Å². The van der Waals surface area contributed by atoms with Crippen molar-refractivity contribution in [3.63, 3.8) is 0 Å². The molecule has 0 atom stereocenters. The van der Waals surface area contributed by atoms with Gasteiger partial charge in [-0.25, -0.2) is 0 Å². The van der Waals surface area contributed by atoms with Crippen LogP contribution in [0.3, 0.4) is 0 Å². The second-order valence-electron chi connectivity index (χ2n) is 7.06. The van der Waals surface area contributed by atoms with Gasteiger partial charge in [0.25, 0.3) is 5.91 Å². The number of nitrogens with one attached hydrogen (secondary N) is 2. The van der Waals surface area contributed by atoms with E-state index in [1.165, 1.54) is 0 Å². The van der Waals surface area contributed by atoms with Crippen molar-refractivity contribution in [3.05, 3.63) is 84.4 Å². The number of amides is 2. The standard InChI is InChI=1S/C25H27N3O3/c1-3-16-31-23-14-12-20(13-15-23)26-18-24(29)27-21-9-7-8-19(17-21)25(30)28(2)22-10-5-4-6-11-22/h4-15,17,26H,3,16,18H2,1-2H3,(H,27,29). The molecule has 6 heteroatoms. The van der Waals surface area contributed by atoms with Gasteiger partial charge in [0.15, 0.2) is 0 Å². The lowest BCUT2D eigenvalue weighted by Gasteiger charge is -2.17. The maximum absolute atomic E-state index is 12.8. The molecular formula is C25H27N3O3. The molecule has 0 aliphatic heterocycles. The summed E-state index contributed by atoms with van der Waals surface area (Å²) in [6, 6.07) is 23.8. The molecule has 0 heterocycles. The van der Waals surface area contributed by atoms with Crippen LogP contribution in [0.4, 0.5) is 17.1 Å². The van der Waals surface area contributed by atoms with Gasteiger partial charge in [0, 0.05) is 29.7 Å². The van der Waals surface area contributed by atoms with Crippen molar-refractivity contribution in [1.29, 1.82) is 0 Å². The van der Waals surface area contributed by atoms with Crippen molar-refractivity contribution in [2.75, 3.05) is 35.7 Å². The molecule has 0 aromatic heterocycles. The molecular weight excluding hydrogens is 390 g/mol. The molecule has 0 aliphatic carbocycles. The molecule has 3 aromatic carbocycles. The zero-order valence-corrected chi connectivity index (χ0v) is 17.8. The summed E-state index contributed by atoms with van der Waals surface area (Å²) in [5.74, 6) is 0.455. The van der Waals surface area contributed by atoms with Gasteiger partial charge >= 0.3 is 0 Å². The van der Waals surface area contributed by atoms with Crippen molar-refractivity contribution in [3.8, 4) is 5.75 Å². The second kappa shape index (κ2) is 10.8. The van der Waals surface area contributed by atoms with E-state index in [0.717, 1.165) is 23.5 Å². The van der Waals surface area contributed by atoms with Crippen LogP contribution in [0.5, 0.6) is 5.75 Å². The van der Waals surface area contributed by atoms with Gasteiger partial charge in [-0.05, 0) is 61.0 Å². The summed E-state index contributed by atoms with van der Waals surface area (Å²) in [7, 11) is 1.73. The van der Waals surface area contributed by atoms with Crippen LogP contribution in [0.15, 0.2) is 78.9 Å². The van der Waals surface area contributed by atoms with Gasteiger partial charge in [0.1, 0.15) is 5.75 Å². The summed E-state index contributed by atoms with van der Waals surface area (Å²) in [5, 5.41) is 5.91. The lowest BCUT2D eigenvalue weighted by molar-refractivity contribution is -0.114. The third-order valence-corrected chi connectivity index (χ3v) is 4.62. The normalized spacial score (nSPS) is 10.3. The van der Waals surface area contributed by atoms with Crippen LogP contribution in [0, 0.1) is 0 Å². The van der Waals surface area contributed by atoms with Gasteiger partial charge < -0.3 is 20.3 Å². The minimum Gasteiger partial charge on any atom is -0.494 e. The van der Waals surface area contributed by atoms with Crippen molar-refractivity contribution < 1.29 is 14.3 Å². The Morgan fingerprint density at radius 2 is 1.65 bits per heavy atom. The Labute approximate surface area is 182 Å². The summed E-state index contributed by atoms with van der Waals surface area (Å²) in [4.78, 5) is 26.7. The highest BCUT2D eigenvalue weighted by molar-refractivity contribution is 6.06. The molecule has 160 valence electrons. The minimum atomic E-state index is -0.202. The SMILES string of the molecule is CCCOc1ccc(NCC(=O)Nc2cccc(C(=O)N(C)c3ccccc3)c2)cc1. The predicted molar refractivity (Wildman–Crippen MR) is 125 cm³/mol. The second-order valence-corrected chi connectivity index (χ2v) is 7.06.